The van der Waals surface area contributed by atoms with Crippen molar-refractivity contribution in [3.05, 3.63) is 24.3 Å². The molecule has 0 fully saturated rings. The fourth-order valence-electron chi connectivity index (χ4n) is 1.41. The van der Waals surface area contributed by atoms with Crippen molar-refractivity contribution in [2.24, 2.45) is 0 Å². The van der Waals surface area contributed by atoms with Gasteiger partial charge in [-0.1, -0.05) is 6.07 Å². The van der Waals surface area contributed by atoms with Crippen LogP contribution in [-0.4, -0.2) is 19.9 Å². The van der Waals surface area contributed by atoms with Crippen molar-refractivity contribution in [2.75, 3.05) is 5.32 Å². The Balaban J connectivity index is 3.06. The molecule has 1 aromatic rings. The number of benzene rings is 1. The van der Waals surface area contributed by atoms with Crippen LogP contribution in [0.5, 0.6) is 0 Å². The zero-order chi connectivity index (χ0) is 14.0. The van der Waals surface area contributed by atoms with Crippen molar-refractivity contribution >= 4 is 21.6 Å². The Morgan fingerprint density at radius 1 is 1.22 bits per heavy atom. The molecule has 1 rings (SSSR count). The number of amides is 1. The first-order valence-corrected chi connectivity index (χ1v) is 7.00. The third-order valence-electron chi connectivity index (χ3n) is 1.91. The van der Waals surface area contributed by atoms with Gasteiger partial charge in [-0.05, 0) is 39.0 Å². The first kappa shape index (κ1) is 14.7. The molecule has 100 valence electrons. The smallest absolute Gasteiger partial charge is 0.241 e. The molecule has 6 heteroatoms. The SMILES string of the molecule is CC(=O)Nc1cccc(S(=O)(=O)NC(C)(C)C)c1. The molecule has 0 atom stereocenters. The van der Waals surface area contributed by atoms with Crippen LogP contribution in [0.25, 0.3) is 0 Å². The van der Waals surface area contributed by atoms with E-state index in [1.807, 2.05) is 0 Å². The number of carbonyl (C=O) groups excluding carboxylic acids is 1. The summed E-state index contributed by atoms with van der Waals surface area (Å²) in [5.41, 5.74) is -0.0951. The van der Waals surface area contributed by atoms with Gasteiger partial charge in [-0.3, -0.25) is 4.79 Å². The van der Waals surface area contributed by atoms with Gasteiger partial charge in [0, 0.05) is 18.2 Å². The number of nitrogens with one attached hydrogen (secondary N) is 2. The number of anilines is 1. The normalized spacial score (nSPS) is 12.2. The van der Waals surface area contributed by atoms with Gasteiger partial charge in [0.15, 0.2) is 0 Å². The van der Waals surface area contributed by atoms with E-state index in [4.69, 9.17) is 0 Å². The zero-order valence-electron chi connectivity index (χ0n) is 10.9. The van der Waals surface area contributed by atoms with E-state index >= 15 is 0 Å². The highest BCUT2D eigenvalue weighted by Crippen LogP contribution is 2.17. The Kier molecular flexibility index (Phi) is 4.13. The van der Waals surface area contributed by atoms with Crippen LogP contribution < -0.4 is 10.0 Å². The van der Waals surface area contributed by atoms with Crippen LogP contribution in [0.4, 0.5) is 5.69 Å². The minimum atomic E-state index is -3.58. The van der Waals surface area contributed by atoms with Crippen molar-refractivity contribution in [3.63, 3.8) is 0 Å². The van der Waals surface area contributed by atoms with Crippen molar-refractivity contribution in [2.45, 2.75) is 38.1 Å². The summed E-state index contributed by atoms with van der Waals surface area (Å²) in [6, 6.07) is 6.13. The van der Waals surface area contributed by atoms with Crippen LogP contribution in [0.15, 0.2) is 29.2 Å². The largest absolute Gasteiger partial charge is 0.326 e. The second kappa shape index (κ2) is 5.07. The maximum Gasteiger partial charge on any atom is 0.241 e. The molecule has 0 aliphatic rings. The number of hydrogen-bond donors (Lipinski definition) is 2. The number of hydrogen-bond acceptors (Lipinski definition) is 3. The molecular weight excluding hydrogens is 252 g/mol. The second-order valence-corrected chi connectivity index (χ2v) is 6.75. The maximum atomic E-state index is 12.1. The van der Waals surface area contributed by atoms with Gasteiger partial charge in [-0.25, -0.2) is 13.1 Å². The summed E-state index contributed by atoms with van der Waals surface area (Å²) in [4.78, 5) is 11.1. The van der Waals surface area contributed by atoms with E-state index in [0.717, 1.165) is 0 Å². The summed E-state index contributed by atoms with van der Waals surface area (Å²) < 4.78 is 26.7. The van der Waals surface area contributed by atoms with Crippen LogP contribution in [0.1, 0.15) is 27.7 Å². The second-order valence-electron chi connectivity index (χ2n) is 5.06. The molecule has 0 saturated carbocycles. The Morgan fingerprint density at radius 3 is 2.33 bits per heavy atom. The molecule has 0 aliphatic carbocycles. The van der Waals surface area contributed by atoms with Crippen LogP contribution in [0, 0.1) is 0 Å². The lowest BCUT2D eigenvalue weighted by atomic mass is 10.1. The third kappa shape index (κ3) is 4.46. The summed E-state index contributed by atoms with van der Waals surface area (Å²) in [7, 11) is -3.58. The molecule has 0 spiro atoms. The summed E-state index contributed by atoms with van der Waals surface area (Å²) in [5, 5.41) is 2.55. The molecule has 0 aliphatic heterocycles. The fourth-order valence-corrected chi connectivity index (χ4v) is 2.87. The van der Waals surface area contributed by atoms with E-state index < -0.39 is 15.6 Å². The molecule has 18 heavy (non-hydrogen) atoms. The molecule has 5 nitrogen and oxygen atoms in total. The number of sulfonamides is 1. The highest BCUT2D eigenvalue weighted by atomic mass is 32.2. The summed E-state index contributed by atoms with van der Waals surface area (Å²) in [5.74, 6) is -0.242. The summed E-state index contributed by atoms with van der Waals surface area (Å²) in [6.45, 7) is 6.67. The van der Waals surface area contributed by atoms with E-state index in [0.29, 0.717) is 5.69 Å². The highest BCUT2D eigenvalue weighted by Gasteiger charge is 2.22. The van der Waals surface area contributed by atoms with Crippen molar-refractivity contribution in [1.29, 1.82) is 0 Å². The van der Waals surface area contributed by atoms with Crippen molar-refractivity contribution in [1.82, 2.24) is 4.72 Å². The number of rotatable bonds is 3. The minimum absolute atomic E-state index is 0.128. The molecule has 0 heterocycles. The lowest BCUT2D eigenvalue weighted by Crippen LogP contribution is -2.40. The van der Waals surface area contributed by atoms with Crippen LogP contribution in [-0.2, 0) is 14.8 Å². The molecule has 0 unspecified atom stereocenters. The molecule has 1 amide bonds. The van der Waals surface area contributed by atoms with Gasteiger partial charge in [0.05, 0.1) is 4.90 Å². The Morgan fingerprint density at radius 2 is 1.83 bits per heavy atom. The first-order valence-electron chi connectivity index (χ1n) is 5.52. The quantitative estimate of drug-likeness (QED) is 0.878. The van der Waals surface area contributed by atoms with Gasteiger partial charge in [0.25, 0.3) is 0 Å². The van der Waals surface area contributed by atoms with Gasteiger partial charge < -0.3 is 5.32 Å². The summed E-state index contributed by atoms with van der Waals surface area (Å²) >= 11 is 0. The number of carbonyl (C=O) groups is 1. The Bertz CT molecular complexity index is 545. The monoisotopic (exact) mass is 270 g/mol. The van der Waals surface area contributed by atoms with E-state index in [1.165, 1.54) is 19.1 Å². The van der Waals surface area contributed by atoms with Crippen LogP contribution in [0.3, 0.4) is 0 Å². The highest BCUT2D eigenvalue weighted by molar-refractivity contribution is 7.89. The van der Waals surface area contributed by atoms with E-state index in [1.54, 1.807) is 32.9 Å². The topological polar surface area (TPSA) is 75.3 Å². The predicted octanol–water partition coefficient (Wildman–Crippen LogP) is 1.72. The van der Waals surface area contributed by atoms with Crippen LogP contribution >= 0.6 is 0 Å². The lowest BCUT2D eigenvalue weighted by molar-refractivity contribution is -0.114. The summed E-state index contributed by atoms with van der Waals surface area (Å²) in [6.07, 6.45) is 0. The fraction of sp³-hybridized carbons (Fsp3) is 0.417. The average Bonchev–Trinajstić information content (AvgIpc) is 2.13. The van der Waals surface area contributed by atoms with Gasteiger partial charge >= 0.3 is 0 Å². The molecule has 0 radical (unpaired) electrons. The van der Waals surface area contributed by atoms with Gasteiger partial charge in [0.2, 0.25) is 15.9 Å². The standard InChI is InChI=1S/C12H18N2O3S/c1-9(15)13-10-6-5-7-11(8-10)18(16,17)14-12(2,3)4/h5-8,14H,1-4H3,(H,13,15). The van der Waals surface area contributed by atoms with E-state index in [2.05, 4.69) is 10.0 Å². The predicted molar refractivity (Wildman–Crippen MR) is 70.8 cm³/mol. The Labute approximate surface area is 108 Å². The van der Waals surface area contributed by atoms with Gasteiger partial charge in [-0.15, -0.1) is 0 Å². The molecule has 0 bridgehead atoms. The molecular formula is C12H18N2O3S. The zero-order valence-corrected chi connectivity index (χ0v) is 11.8. The molecule has 0 aromatic heterocycles. The van der Waals surface area contributed by atoms with E-state index in [-0.39, 0.29) is 10.8 Å². The molecule has 2 N–H and O–H groups in total. The average molecular weight is 270 g/mol. The van der Waals surface area contributed by atoms with Crippen molar-refractivity contribution in [3.8, 4) is 0 Å². The Hall–Kier alpha value is -1.40. The van der Waals surface area contributed by atoms with Gasteiger partial charge in [-0.2, -0.15) is 0 Å². The van der Waals surface area contributed by atoms with Crippen molar-refractivity contribution < 1.29 is 13.2 Å². The van der Waals surface area contributed by atoms with E-state index in [9.17, 15) is 13.2 Å². The van der Waals surface area contributed by atoms with Gasteiger partial charge in [0.1, 0.15) is 0 Å². The maximum absolute atomic E-state index is 12.1. The molecule has 1 aromatic carbocycles. The first-order chi connectivity index (χ1) is 8.10. The lowest BCUT2D eigenvalue weighted by Gasteiger charge is -2.20. The van der Waals surface area contributed by atoms with Crippen LogP contribution in [0.2, 0.25) is 0 Å². The third-order valence-corrected chi connectivity index (χ3v) is 3.66. The molecule has 0 saturated heterocycles. The minimum Gasteiger partial charge on any atom is -0.326 e.